The Morgan fingerprint density at radius 2 is 2.20 bits per heavy atom. The number of aryl methyl sites for hydroxylation is 1. The van der Waals surface area contributed by atoms with Crippen molar-refractivity contribution in [2.45, 2.75) is 44.8 Å². The number of carbonyl (C=O) groups is 1. The van der Waals surface area contributed by atoms with E-state index in [0.29, 0.717) is 23.0 Å². The molecule has 2 N–H and O–H groups in total. The van der Waals surface area contributed by atoms with Crippen molar-refractivity contribution < 1.29 is 9.53 Å². The monoisotopic (exact) mass is 362 g/mol. The molecule has 0 bridgehead atoms. The molecule has 2 aromatic rings. The number of amides is 2. The number of hydrogen-bond acceptors (Lipinski definition) is 3. The van der Waals surface area contributed by atoms with Gasteiger partial charge in [0.25, 0.3) is 0 Å². The molecule has 1 heterocycles. The Morgan fingerprint density at radius 1 is 1.36 bits per heavy atom. The topological polar surface area (TPSA) is 68.2 Å². The number of imidazole rings is 1. The fourth-order valence-corrected chi connectivity index (χ4v) is 3.14. The average molecular weight is 363 g/mol. The van der Waals surface area contributed by atoms with Crippen molar-refractivity contribution in [2.24, 2.45) is 0 Å². The lowest BCUT2D eigenvalue weighted by Gasteiger charge is -2.15. The molecular weight excluding hydrogens is 340 g/mol. The van der Waals surface area contributed by atoms with Crippen molar-refractivity contribution in [2.75, 3.05) is 11.9 Å². The van der Waals surface area contributed by atoms with Gasteiger partial charge in [-0.2, -0.15) is 0 Å². The molecule has 0 radical (unpaired) electrons. The fraction of sp³-hybridized carbons (Fsp3) is 0.444. The van der Waals surface area contributed by atoms with Crippen LogP contribution in [-0.4, -0.2) is 28.2 Å². The van der Waals surface area contributed by atoms with Crippen LogP contribution in [0, 0.1) is 0 Å². The summed E-state index contributed by atoms with van der Waals surface area (Å²) in [7, 11) is 0. The van der Waals surface area contributed by atoms with Gasteiger partial charge in [-0.15, -0.1) is 0 Å². The van der Waals surface area contributed by atoms with Gasteiger partial charge in [-0.3, -0.25) is 0 Å². The summed E-state index contributed by atoms with van der Waals surface area (Å²) in [6, 6.07) is 5.10. The summed E-state index contributed by atoms with van der Waals surface area (Å²) in [6.45, 7) is 1.40. The summed E-state index contributed by atoms with van der Waals surface area (Å²) in [4.78, 5) is 15.9. The third kappa shape index (κ3) is 5.39. The van der Waals surface area contributed by atoms with E-state index in [-0.39, 0.29) is 12.1 Å². The summed E-state index contributed by atoms with van der Waals surface area (Å²) < 4.78 is 7.89. The molecule has 7 heteroatoms. The van der Waals surface area contributed by atoms with Crippen molar-refractivity contribution in [1.29, 1.82) is 0 Å². The van der Waals surface area contributed by atoms with Gasteiger partial charge in [0.15, 0.2) is 0 Å². The number of halogens is 1. The minimum atomic E-state index is -0.244. The Kier molecular flexibility index (Phi) is 6.17. The van der Waals surface area contributed by atoms with Crippen LogP contribution in [-0.2, 0) is 6.54 Å². The molecule has 0 aliphatic heterocycles. The first-order chi connectivity index (χ1) is 12.2. The number of urea groups is 1. The van der Waals surface area contributed by atoms with Crippen molar-refractivity contribution in [3.63, 3.8) is 0 Å². The zero-order chi connectivity index (χ0) is 17.5. The zero-order valence-corrected chi connectivity index (χ0v) is 14.8. The van der Waals surface area contributed by atoms with Gasteiger partial charge in [0.2, 0.25) is 0 Å². The molecule has 0 saturated heterocycles. The first-order valence-electron chi connectivity index (χ1n) is 8.67. The fourth-order valence-electron chi connectivity index (χ4n) is 2.92. The molecule has 3 rings (SSSR count). The molecule has 1 aromatic heterocycles. The second-order valence-electron chi connectivity index (χ2n) is 6.20. The molecule has 134 valence electrons. The van der Waals surface area contributed by atoms with Crippen molar-refractivity contribution >= 4 is 23.3 Å². The average Bonchev–Trinajstić information content (AvgIpc) is 3.28. The highest BCUT2D eigenvalue weighted by atomic mass is 35.5. The van der Waals surface area contributed by atoms with E-state index >= 15 is 0 Å². The Hall–Kier alpha value is -2.21. The van der Waals surface area contributed by atoms with Crippen molar-refractivity contribution in [1.82, 2.24) is 14.9 Å². The lowest BCUT2D eigenvalue weighted by molar-refractivity contribution is 0.210. The minimum Gasteiger partial charge on any atom is -0.489 e. The van der Waals surface area contributed by atoms with Crippen LogP contribution in [0.2, 0.25) is 5.02 Å². The number of nitrogens with one attached hydrogen (secondary N) is 2. The number of ether oxygens (including phenoxy) is 1. The van der Waals surface area contributed by atoms with Crippen LogP contribution in [0.4, 0.5) is 10.5 Å². The second kappa shape index (κ2) is 8.76. The number of carbonyl (C=O) groups excluding carboxylic acids is 1. The van der Waals surface area contributed by atoms with E-state index in [1.807, 2.05) is 16.8 Å². The number of nitrogens with zero attached hydrogens (tertiary/aromatic N) is 2. The van der Waals surface area contributed by atoms with Gasteiger partial charge in [0, 0.05) is 31.2 Å². The van der Waals surface area contributed by atoms with Crippen LogP contribution < -0.4 is 15.4 Å². The molecule has 1 aliphatic carbocycles. The lowest BCUT2D eigenvalue weighted by atomic mass is 10.2. The summed E-state index contributed by atoms with van der Waals surface area (Å²) in [5.41, 5.74) is 0.649. The second-order valence-corrected chi connectivity index (χ2v) is 6.61. The quantitative estimate of drug-likeness (QED) is 0.729. The molecule has 1 fully saturated rings. The predicted octanol–water partition coefficient (Wildman–Crippen LogP) is 4.07. The Morgan fingerprint density at radius 3 is 2.92 bits per heavy atom. The van der Waals surface area contributed by atoms with E-state index in [4.69, 9.17) is 16.3 Å². The SMILES string of the molecule is O=C(NCCCn1ccnc1)Nc1ccc(OC2CCCC2)c(Cl)c1. The van der Waals surface area contributed by atoms with Crippen LogP contribution >= 0.6 is 11.6 Å². The standard InChI is InChI=1S/C18H23ClN4O2/c19-16-12-14(6-7-17(16)25-15-4-1-2-5-15)22-18(24)21-8-3-10-23-11-9-20-13-23/h6-7,9,11-13,15H,1-5,8,10H2,(H2,21,22,24). The first kappa shape index (κ1) is 17.6. The van der Waals surface area contributed by atoms with Gasteiger partial charge in [0.1, 0.15) is 5.75 Å². The molecular formula is C18H23ClN4O2. The largest absolute Gasteiger partial charge is 0.489 e. The minimum absolute atomic E-state index is 0.244. The van der Waals surface area contributed by atoms with Gasteiger partial charge < -0.3 is 19.9 Å². The van der Waals surface area contributed by atoms with Crippen molar-refractivity contribution in [3.05, 3.63) is 41.9 Å². The summed E-state index contributed by atoms with van der Waals surface area (Å²) in [5.74, 6) is 0.680. The maximum atomic E-state index is 11.9. The van der Waals surface area contributed by atoms with Gasteiger partial charge in [0.05, 0.1) is 17.5 Å². The van der Waals surface area contributed by atoms with Crippen LogP contribution in [0.15, 0.2) is 36.9 Å². The highest BCUT2D eigenvalue weighted by Gasteiger charge is 2.17. The number of hydrogen-bond donors (Lipinski definition) is 2. The van der Waals surface area contributed by atoms with Gasteiger partial charge in [-0.25, -0.2) is 9.78 Å². The maximum Gasteiger partial charge on any atom is 0.319 e. The van der Waals surface area contributed by atoms with Gasteiger partial charge in [-0.1, -0.05) is 11.6 Å². The Labute approximate surface area is 152 Å². The third-order valence-corrected chi connectivity index (χ3v) is 4.52. The third-order valence-electron chi connectivity index (χ3n) is 4.22. The first-order valence-corrected chi connectivity index (χ1v) is 9.05. The summed E-state index contributed by atoms with van der Waals surface area (Å²) in [6.07, 6.45) is 11.1. The Balaban J connectivity index is 1.42. The number of anilines is 1. The van der Waals surface area contributed by atoms with Gasteiger partial charge in [-0.05, 0) is 50.3 Å². The van der Waals surface area contributed by atoms with Crippen LogP contribution in [0.5, 0.6) is 5.75 Å². The van der Waals surface area contributed by atoms with E-state index < -0.39 is 0 Å². The van der Waals surface area contributed by atoms with Crippen LogP contribution in [0.3, 0.4) is 0 Å². The summed E-state index contributed by atoms with van der Waals surface area (Å²) in [5, 5.41) is 6.13. The van der Waals surface area contributed by atoms with Crippen LogP contribution in [0.1, 0.15) is 32.1 Å². The molecule has 25 heavy (non-hydrogen) atoms. The highest BCUT2D eigenvalue weighted by Crippen LogP contribution is 2.31. The van der Waals surface area contributed by atoms with E-state index in [9.17, 15) is 4.79 Å². The lowest BCUT2D eigenvalue weighted by Crippen LogP contribution is -2.30. The van der Waals surface area contributed by atoms with Crippen molar-refractivity contribution in [3.8, 4) is 5.75 Å². The predicted molar refractivity (Wildman–Crippen MR) is 98.2 cm³/mol. The normalized spacial score (nSPS) is 14.4. The summed E-state index contributed by atoms with van der Waals surface area (Å²) >= 11 is 6.27. The van der Waals surface area contributed by atoms with E-state index in [0.717, 1.165) is 25.8 Å². The highest BCUT2D eigenvalue weighted by molar-refractivity contribution is 6.32. The molecule has 1 aliphatic rings. The molecule has 0 atom stereocenters. The van der Waals surface area contributed by atoms with E-state index in [2.05, 4.69) is 15.6 Å². The zero-order valence-electron chi connectivity index (χ0n) is 14.1. The number of benzene rings is 1. The van der Waals surface area contributed by atoms with Gasteiger partial charge >= 0.3 is 6.03 Å². The molecule has 1 saturated carbocycles. The van der Waals surface area contributed by atoms with E-state index in [1.54, 1.807) is 24.7 Å². The maximum absolute atomic E-state index is 11.9. The number of rotatable bonds is 7. The van der Waals surface area contributed by atoms with E-state index in [1.165, 1.54) is 12.8 Å². The smallest absolute Gasteiger partial charge is 0.319 e. The number of aromatic nitrogens is 2. The molecule has 2 amide bonds. The molecule has 6 nitrogen and oxygen atoms in total. The van der Waals surface area contributed by atoms with Crippen LogP contribution in [0.25, 0.3) is 0 Å². The molecule has 1 aromatic carbocycles. The molecule has 0 spiro atoms. The Bertz CT molecular complexity index is 684. The molecule has 0 unspecified atom stereocenters.